The maximum Gasteiger partial charge on any atom is 0.236 e. The summed E-state index contributed by atoms with van der Waals surface area (Å²) in [5, 5.41) is 21.3. The highest BCUT2D eigenvalue weighted by Crippen LogP contribution is 2.30. The van der Waals surface area contributed by atoms with Crippen LogP contribution in [-0.2, 0) is 16.1 Å². The molecule has 30 heavy (non-hydrogen) atoms. The highest BCUT2D eigenvalue weighted by molar-refractivity contribution is 7.99. The van der Waals surface area contributed by atoms with Crippen molar-refractivity contribution in [3.05, 3.63) is 53.5 Å². The third kappa shape index (κ3) is 4.72. The summed E-state index contributed by atoms with van der Waals surface area (Å²) in [6.07, 6.45) is 2.49. The maximum absolute atomic E-state index is 12.7. The largest absolute Gasteiger partial charge is 0.385 e. The quantitative estimate of drug-likeness (QED) is 0.418. The second-order valence-electron chi connectivity index (χ2n) is 6.71. The van der Waals surface area contributed by atoms with Gasteiger partial charge in [0.15, 0.2) is 5.16 Å². The van der Waals surface area contributed by atoms with Crippen molar-refractivity contribution in [2.45, 2.75) is 32.0 Å². The normalized spacial score (nSPS) is 10.7. The van der Waals surface area contributed by atoms with Crippen molar-refractivity contribution < 1.29 is 9.53 Å². The van der Waals surface area contributed by atoms with E-state index in [1.165, 1.54) is 11.8 Å². The lowest BCUT2D eigenvalue weighted by atomic mass is 10.2. The summed E-state index contributed by atoms with van der Waals surface area (Å²) in [4.78, 5) is 12.7. The number of carbonyl (C=O) groups excluding carboxylic acids is 1. The SMILES string of the molecule is COCCCn1cnnc1SCC(=O)Nc1c(C#N)c(C)c(C)n1-c1ccccc1. The Balaban J connectivity index is 1.76. The molecule has 2 aromatic heterocycles. The molecule has 0 aliphatic heterocycles. The van der Waals surface area contributed by atoms with Crippen molar-refractivity contribution in [1.29, 1.82) is 5.26 Å². The number of aryl methyl sites for hydroxylation is 1. The molecule has 0 aliphatic carbocycles. The molecule has 3 aromatic rings. The number of amides is 1. The first-order chi connectivity index (χ1) is 14.6. The van der Waals surface area contributed by atoms with Crippen molar-refractivity contribution in [1.82, 2.24) is 19.3 Å². The molecule has 0 spiro atoms. The lowest BCUT2D eigenvalue weighted by Gasteiger charge is -2.13. The van der Waals surface area contributed by atoms with Crippen molar-refractivity contribution in [3.63, 3.8) is 0 Å². The molecular weight excluding hydrogens is 400 g/mol. The predicted molar refractivity (Wildman–Crippen MR) is 116 cm³/mol. The Morgan fingerprint density at radius 3 is 2.77 bits per heavy atom. The van der Waals surface area contributed by atoms with E-state index in [9.17, 15) is 10.1 Å². The molecule has 0 atom stereocenters. The number of hydrogen-bond donors (Lipinski definition) is 1. The van der Waals surface area contributed by atoms with E-state index >= 15 is 0 Å². The van der Waals surface area contributed by atoms with E-state index in [2.05, 4.69) is 21.6 Å². The summed E-state index contributed by atoms with van der Waals surface area (Å²) >= 11 is 1.31. The van der Waals surface area contributed by atoms with E-state index in [0.717, 1.165) is 29.9 Å². The third-order valence-corrected chi connectivity index (χ3v) is 5.74. The van der Waals surface area contributed by atoms with Gasteiger partial charge >= 0.3 is 0 Å². The van der Waals surface area contributed by atoms with Crippen LogP contribution in [0.15, 0.2) is 41.8 Å². The summed E-state index contributed by atoms with van der Waals surface area (Å²) in [6.45, 7) is 5.20. The van der Waals surface area contributed by atoms with Crippen molar-refractivity contribution in [2.75, 3.05) is 24.8 Å². The molecular formula is C21H24N6O2S. The van der Waals surface area contributed by atoms with E-state index in [-0.39, 0.29) is 11.7 Å². The fourth-order valence-electron chi connectivity index (χ4n) is 3.15. The van der Waals surface area contributed by atoms with Gasteiger partial charge in [0, 0.05) is 31.6 Å². The van der Waals surface area contributed by atoms with Gasteiger partial charge in [-0.1, -0.05) is 30.0 Å². The van der Waals surface area contributed by atoms with Gasteiger partial charge in [0.25, 0.3) is 0 Å². The molecule has 0 bridgehead atoms. The first-order valence-corrected chi connectivity index (χ1v) is 10.5. The van der Waals surface area contributed by atoms with Gasteiger partial charge in [0.05, 0.1) is 11.3 Å². The number of ether oxygens (including phenoxy) is 1. The molecule has 156 valence electrons. The number of carbonyl (C=O) groups is 1. The molecule has 1 amide bonds. The number of nitrogens with zero attached hydrogens (tertiary/aromatic N) is 5. The predicted octanol–water partition coefficient (Wildman–Crippen LogP) is 3.32. The lowest BCUT2D eigenvalue weighted by Crippen LogP contribution is -2.18. The minimum atomic E-state index is -0.211. The molecule has 3 rings (SSSR count). The van der Waals surface area contributed by atoms with Crippen LogP contribution in [0, 0.1) is 25.2 Å². The number of nitrogens with one attached hydrogen (secondary N) is 1. The van der Waals surface area contributed by atoms with E-state index < -0.39 is 0 Å². The Kier molecular flexibility index (Phi) is 7.27. The molecule has 1 aromatic carbocycles. The Bertz CT molecular complexity index is 1050. The van der Waals surface area contributed by atoms with Crippen LogP contribution in [0.5, 0.6) is 0 Å². The molecule has 1 N–H and O–H groups in total. The summed E-state index contributed by atoms with van der Waals surface area (Å²) in [5.41, 5.74) is 3.12. The van der Waals surface area contributed by atoms with Crippen molar-refractivity contribution in [2.24, 2.45) is 0 Å². The lowest BCUT2D eigenvalue weighted by molar-refractivity contribution is -0.113. The Labute approximate surface area is 179 Å². The average molecular weight is 425 g/mol. The van der Waals surface area contributed by atoms with Crippen LogP contribution in [0.4, 0.5) is 5.82 Å². The first-order valence-electron chi connectivity index (χ1n) is 9.53. The van der Waals surface area contributed by atoms with E-state index in [1.807, 2.05) is 53.3 Å². The van der Waals surface area contributed by atoms with Gasteiger partial charge < -0.3 is 14.6 Å². The molecule has 0 fully saturated rings. The van der Waals surface area contributed by atoms with Gasteiger partial charge in [-0.3, -0.25) is 9.36 Å². The van der Waals surface area contributed by atoms with Crippen LogP contribution in [-0.4, -0.2) is 44.7 Å². The number of methoxy groups -OCH3 is 1. The third-order valence-electron chi connectivity index (χ3n) is 4.76. The highest BCUT2D eigenvalue weighted by atomic mass is 32.2. The summed E-state index contributed by atoms with van der Waals surface area (Å²) < 4.78 is 8.88. The van der Waals surface area contributed by atoms with Gasteiger partial charge in [-0.15, -0.1) is 10.2 Å². The molecule has 0 saturated carbocycles. The monoisotopic (exact) mass is 424 g/mol. The van der Waals surface area contributed by atoms with Gasteiger partial charge in [-0.05, 0) is 38.0 Å². The van der Waals surface area contributed by atoms with Crippen LogP contribution in [0.3, 0.4) is 0 Å². The van der Waals surface area contributed by atoms with Gasteiger partial charge in [-0.2, -0.15) is 5.26 Å². The van der Waals surface area contributed by atoms with Gasteiger partial charge in [0.1, 0.15) is 18.2 Å². The zero-order valence-corrected chi connectivity index (χ0v) is 18.1. The molecule has 0 aliphatic rings. The number of aromatic nitrogens is 4. The van der Waals surface area contributed by atoms with Crippen LogP contribution >= 0.6 is 11.8 Å². The van der Waals surface area contributed by atoms with Crippen LogP contribution in [0.2, 0.25) is 0 Å². The first kappa shape index (κ1) is 21.6. The topological polar surface area (TPSA) is 97.8 Å². The molecule has 0 saturated heterocycles. The maximum atomic E-state index is 12.7. The Morgan fingerprint density at radius 1 is 1.30 bits per heavy atom. The minimum Gasteiger partial charge on any atom is -0.385 e. The summed E-state index contributed by atoms with van der Waals surface area (Å²) in [7, 11) is 1.66. The van der Waals surface area contributed by atoms with E-state index in [1.54, 1.807) is 13.4 Å². The highest BCUT2D eigenvalue weighted by Gasteiger charge is 2.21. The molecule has 2 heterocycles. The van der Waals surface area contributed by atoms with Crippen LogP contribution < -0.4 is 5.32 Å². The van der Waals surface area contributed by atoms with Crippen molar-refractivity contribution >= 4 is 23.5 Å². The number of benzene rings is 1. The minimum absolute atomic E-state index is 0.159. The summed E-state index contributed by atoms with van der Waals surface area (Å²) in [5.74, 6) is 0.440. The molecule has 8 nitrogen and oxygen atoms in total. The number of anilines is 1. The second kappa shape index (κ2) is 10.1. The standard InChI is InChI=1S/C21H24N6O2S/c1-15-16(2)27(17-8-5-4-6-9-17)20(18(15)12-22)24-19(28)13-30-21-25-23-14-26(21)10-7-11-29-3/h4-6,8-9,14H,7,10-11,13H2,1-3H3,(H,24,28). The summed E-state index contributed by atoms with van der Waals surface area (Å²) in [6, 6.07) is 11.9. The smallest absolute Gasteiger partial charge is 0.236 e. The fraction of sp³-hybridized carbons (Fsp3) is 0.333. The fourth-order valence-corrected chi connectivity index (χ4v) is 3.89. The molecule has 0 unspecified atom stereocenters. The zero-order chi connectivity index (χ0) is 21.5. The van der Waals surface area contributed by atoms with Crippen LogP contribution in [0.25, 0.3) is 5.69 Å². The number of nitriles is 1. The Morgan fingerprint density at radius 2 is 2.07 bits per heavy atom. The van der Waals surface area contributed by atoms with Gasteiger partial charge in [0.2, 0.25) is 5.91 Å². The van der Waals surface area contributed by atoms with Crippen molar-refractivity contribution in [3.8, 4) is 11.8 Å². The van der Waals surface area contributed by atoms with Gasteiger partial charge in [-0.25, -0.2) is 0 Å². The Hall–Kier alpha value is -3.09. The molecule has 0 radical (unpaired) electrons. The number of thioether (sulfide) groups is 1. The van der Waals surface area contributed by atoms with E-state index in [0.29, 0.717) is 23.1 Å². The zero-order valence-electron chi connectivity index (χ0n) is 17.3. The number of hydrogen-bond acceptors (Lipinski definition) is 6. The second-order valence-corrected chi connectivity index (χ2v) is 7.65. The van der Waals surface area contributed by atoms with E-state index in [4.69, 9.17) is 4.74 Å². The number of para-hydroxylation sites is 1. The number of rotatable bonds is 9. The molecule has 9 heteroatoms. The average Bonchev–Trinajstić information content (AvgIpc) is 3.29. The van der Waals surface area contributed by atoms with Crippen LogP contribution in [0.1, 0.15) is 23.2 Å².